The van der Waals surface area contributed by atoms with Crippen LogP contribution in [-0.2, 0) is 0 Å². The molecular formula is C12H24N6O. The molecule has 1 heterocycles. The highest BCUT2D eigenvalue weighted by atomic mass is 16.5. The standard InChI is InChI=1S/C12H24N6O/c1-5-9(2)18(3)7-6-14-11-10(19-4)12(17-13)16-8-15-11/h8-9H,5-7,13H2,1-4H3,(H2,14,15,16,17). The second-order valence-corrected chi connectivity index (χ2v) is 4.41. The minimum Gasteiger partial charge on any atom is -0.490 e. The number of nitrogens with zero attached hydrogens (tertiary/aromatic N) is 3. The fraction of sp³-hybridized carbons (Fsp3) is 0.667. The maximum atomic E-state index is 5.37. The van der Waals surface area contributed by atoms with E-state index in [1.54, 1.807) is 7.11 Å². The molecule has 108 valence electrons. The van der Waals surface area contributed by atoms with Crippen molar-refractivity contribution in [2.75, 3.05) is 38.0 Å². The molecule has 7 heteroatoms. The molecule has 0 bridgehead atoms. The van der Waals surface area contributed by atoms with Crippen LogP contribution in [0.5, 0.6) is 5.75 Å². The third kappa shape index (κ3) is 4.22. The number of nitrogens with two attached hydrogens (primary N) is 1. The van der Waals surface area contributed by atoms with Crippen molar-refractivity contribution in [3.63, 3.8) is 0 Å². The number of nitrogen functional groups attached to an aromatic ring is 1. The number of methoxy groups -OCH3 is 1. The van der Waals surface area contributed by atoms with Crippen LogP contribution >= 0.6 is 0 Å². The van der Waals surface area contributed by atoms with Crippen molar-refractivity contribution in [3.8, 4) is 5.75 Å². The van der Waals surface area contributed by atoms with Crippen LogP contribution in [0.15, 0.2) is 6.33 Å². The highest BCUT2D eigenvalue weighted by Crippen LogP contribution is 2.27. The molecule has 1 unspecified atom stereocenters. The molecule has 0 aliphatic carbocycles. The third-order valence-electron chi connectivity index (χ3n) is 3.24. The molecule has 7 nitrogen and oxygen atoms in total. The lowest BCUT2D eigenvalue weighted by Gasteiger charge is -2.23. The average Bonchev–Trinajstić information content (AvgIpc) is 2.45. The Balaban J connectivity index is 2.58. The summed E-state index contributed by atoms with van der Waals surface area (Å²) in [6.07, 6.45) is 2.58. The van der Waals surface area contributed by atoms with Crippen molar-refractivity contribution in [3.05, 3.63) is 6.33 Å². The van der Waals surface area contributed by atoms with Crippen molar-refractivity contribution in [1.29, 1.82) is 0 Å². The number of hydrazine groups is 1. The minimum atomic E-state index is 0.468. The highest BCUT2D eigenvalue weighted by Gasteiger charge is 2.11. The van der Waals surface area contributed by atoms with Gasteiger partial charge >= 0.3 is 0 Å². The summed E-state index contributed by atoms with van der Waals surface area (Å²) < 4.78 is 5.25. The molecule has 4 N–H and O–H groups in total. The third-order valence-corrected chi connectivity index (χ3v) is 3.24. The van der Waals surface area contributed by atoms with E-state index >= 15 is 0 Å². The number of rotatable bonds is 8. The Morgan fingerprint density at radius 1 is 1.42 bits per heavy atom. The summed E-state index contributed by atoms with van der Waals surface area (Å²) in [5.41, 5.74) is 2.49. The summed E-state index contributed by atoms with van der Waals surface area (Å²) in [5.74, 6) is 7.01. The van der Waals surface area contributed by atoms with Gasteiger partial charge in [-0.15, -0.1) is 0 Å². The number of hydrogen-bond acceptors (Lipinski definition) is 7. The van der Waals surface area contributed by atoms with Gasteiger partial charge in [0.05, 0.1) is 7.11 Å². The smallest absolute Gasteiger partial charge is 0.205 e. The van der Waals surface area contributed by atoms with Gasteiger partial charge in [0.1, 0.15) is 6.33 Å². The van der Waals surface area contributed by atoms with Gasteiger partial charge < -0.3 is 20.4 Å². The predicted molar refractivity (Wildman–Crippen MR) is 77.3 cm³/mol. The van der Waals surface area contributed by atoms with Crippen LogP contribution in [-0.4, -0.2) is 48.2 Å². The lowest BCUT2D eigenvalue weighted by atomic mass is 10.2. The molecule has 0 amide bonds. The zero-order chi connectivity index (χ0) is 14.3. The first kappa shape index (κ1) is 15.5. The zero-order valence-electron chi connectivity index (χ0n) is 12.1. The van der Waals surface area contributed by atoms with Gasteiger partial charge in [0.25, 0.3) is 0 Å². The van der Waals surface area contributed by atoms with Gasteiger partial charge in [-0.05, 0) is 20.4 Å². The van der Waals surface area contributed by atoms with Gasteiger partial charge in [-0.1, -0.05) is 6.92 Å². The van der Waals surface area contributed by atoms with Crippen molar-refractivity contribution in [2.45, 2.75) is 26.3 Å². The summed E-state index contributed by atoms with van der Waals surface area (Å²) in [4.78, 5) is 10.4. The minimum absolute atomic E-state index is 0.468. The van der Waals surface area contributed by atoms with E-state index in [-0.39, 0.29) is 0 Å². The first-order valence-electron chi connectivity index (χ1n) is 6.43. The van der Waals surface area contributed by atoms with Crippen molar-refractivity contribution in [2.24, 2.45) is 5.84 Å². The molecular weight excluding hydrogens is 244 g/mol. The van der Waals surface area contributed by atoms with E-state index in [2.05, 4.69) is 46.5 Å². The lowest BCUT2D eigenvalue weighted by molar-refractivity contribution is 0.261. The Labute approximate surface area is 114 Å². The first-order chi connectivity index (χ1) is 9.13. The number of aromatic nitrogens is 2. The van der Waals surface area contributed by atoms with Gasteiger partial charge in [0, 0.05) is 19.1 Å². The van der Waals surface area contributed by atoms with Crippen LogP contribution in [0.3, 0.4) is 0 Å². The Hall–Kier alpha value is -1.60. The average molecular weight is 268 g/mol. The van der Waals surface area contributed by atoms with Gasteiger partial charge in [-0.3, -0.25) is 0 Å². The van der Waals surface area contributed by atoms with Crippen molar-refractivity contribution in [1.82, 2.24) is 14.9 Å². The molecule has 1 aromatic rings. The Morgan fingerprint density at radius 2 is 2.11 bits per heavy atom. The van der Waals surface area contributed by atoms with E-state index in [1.165, 1.54) is 6.33 Å². The van der Waals surface area contributed by atoms with Gasteiger partial charge in [-0.2, -0.15) is 0 Å². The molecule has 1 aromatic heterocycles. The number of likely N-dealkylation sites (N-methyl/N-ethyl adjacent to an activating group) is 1. The van der Waals surface area contributed by atoms with E-state index in [1.807, 2.05) is 0 Å². The maximum Gasteiger partial charge on any atom is 0.205 e. The van der Waals surface area contributed by atoms with E-state index in [4.69, 9.17) is 10.6 Å². The first-order valence-corrected chi connectivity index (χ1v) is 6.43. The number of nitrogens with one attached hydrogen (secondary N) is 2. The Morgan fingerprint density at radius 3 is 2.68 bits per heavy atom. The molecule has 19 heavy (non-hydrogen) atoms. The van der Waals surface area contributed by atoms with Crippen LogP contribution in [0, 0.1) is 0 Å². The van der Waals surface area contributed by atoms with Gasteiger partial charge in [0.15, 0.2) is 11.6 Å². The molecule has 0 aromatic carbocycles. The molecule has 0 aliphatic heterocycles. The Bertz CT molecular complexity index is 386. The maximum absolute atomic E-state index is 5.37. The molecule has 0 aliphatic rings. The molecule has 0 saturated carbocycles. The molecule has 0 radical (unpaired) electrons. The summed E-state index contributed by atoms with van der Waals surface area (Å²) in [6, 6.07) is 0.565. The van der Waals surface area contributed by atoms with Gasteiger partial charge in [-0.25, -0.2) is 15.8 Å². The van der Waals surface area contributed by atoms with Crippen LogP contribution in [0.25, 0.3) is 0 Å². The second kappa shape index (κ2) is 7.75. The molecule has 0 saturated heterocycles. The zero-order valence-corrected chi connectivity index (χ0v) is 12.1. The quantitative estimate of drug-likeness (QED) is 0.477. The summed E-state index contributed by atoms with van der Waals surface area (Å²) in [6.45, 7) is 6.09. The van der Waals surface area contributed by atoms with Crippen LogP contribution in [0.4, 0.5) is 11.6 Å². The van der Waals surface area contributed by atoms with Gasteiger partial charge in [0.2, 0.25) is 5.75 Å². The number of ether oxygens (including phenoxy) is 1. The van der Waals surface area contributed by atoms with Crippen LogP contribution < -0.4 is 21.3 Å². The Kier molecular flexibility index (Phi) is 6.31. The van der Waals surface area contributed by atoms with E-state index < -0.39 is 0 Å². The van der Waals surface area contributed by atoms with Crippen LogP contribution in [0.2, 0.25) is 0 Å². The highest BCUT2D eigenvalue weighted by molar-refractivity contribution is 5.62. The van der Waals surface area contributed by atoms with E-state index in [0.29, 0.717) is 23.4 Å². The summed E-state index contributed by atoms with van der Waals surface area (Å²) >= 11 is 0. The SMILES string of the molecule is CCC(C)N(C)CCNc1ncnc(NN)c1OC. The fourth-order valence-corrected chi connectivity index (χ4v) is 1.68. The fourth-order valence-electron chi connectivity index (χ4n) is 1.68. The van der Waals surface area contributed by atoms with Crippen LogP contribution in [0.1, 0.15) is 20.3 Å². The summed E-state index contributed by atoms with van der Waals surface area (Å²) in [7, 11) is 3.68. The summed E-state index contributed by atoms with van der Waals surface area (Å²) in [5, 5.41) is 3.24. The topological polar surface area (TPSA) is 88.3 Å². The largest absolute Gasteiger partial charge is 0.490 e. The van der Waals surface area contributed by atoms with E-state index in [0.717, 1.165) is 19.5 Å². The van der Waals surface area contributed by atoms with E-state index in [9.17, 15) is 0 Å². The predicted octanol–water partition coefficient (Wildman–Crippen LogP) is 0.913. The van der Waals surface area contributed by atoms with Crippen molar-refractivity contribution < 1.29 is 4.74 Å². The molecule has 1 atom stereocenters. The molecule has 0 fully saturated rings. The lowest BCUT2D eigenvalue weighted by Crippen LogP contribution is -2.32. The number of hydrogen-bond donors (Lipinski definition) is 3. The van der Waals surface area contributed by atoms with Crippen molar-refractivity contribution >= 4 is 11.6 Å². The molecule has 1 rings (SSSR count). The normalized spacial score (nSPS) is 12.3. The molecule has 0 spiro atoms. The second-order valence-electron chi connectivity index (χ2n) is 4.41. The number of anilines is 2. The monoisotopic (exact) mass is 268 g/mol.